The SMILES string of the molecule is CCN1CCN(C(=O)c2cnc(NCC3CCCO3)cn2)CC1. The van der Waals surface area contributed by atoms with Crippen LogP contribution in [0, 0.1) is 0 Å². The van der Waals surface area contributed by atoms with Crippen LogP contribution in [0.2, 0.25) is 0 Å². The van der Waals surface area contributed by atoms with E-state index < -0.39 is 0 Å². The van der Waals surface area contributed by atoms with Crippen molar-refractivity contribution in [1.29, 1.82) is 0 Å². The summed E-state index contributed by atoms with van der Waals surface area (Å²) in [4.78, 5) is 25.2. The van der Waals surface area contributed by atoms with Gasteiger partial charge in [-0.15, -0.1) is 0 Å². The van der Waals surface area contributed by atoms with E-state index in [0.717, 1.165) is 58.7 Å². The molecule has 1 unspecified atom stereocenters. The quantitative estimate of drug-likeness (QED) is 0.867. The Labute approximate surface area is 137 Å². The molecule has 2 fully saturated rings. The standard InChI is InChI=1S/C16H25N5O2/c1-2-20-5-7-21(8-6-20)16(22)14-11-19-15(12-17-14)18-10-13-4-3-9-23-13/h11-13H,2-10H2,1H3,(H,18,19). The first-order valence-electron chi connectivity index (χ1n) is 8.45. The Kier molecular flexibility index (Phi) is 5.40. The van der Waals surface area contributed by atoms with E-state index in [2.05, 4.69) is 27.1 Å². The lowest BCUT2D eigenvalue weighted by Gasteiger charge is -2.33. The second-order valence-corrected chi connectivity index (χ2v) is 6.03. The number of rotatable bonds is 5. The number of aromatic nitrogens is 2. The maximum atomic E-state index is 12.4. The molecule has 3 heterocycles. The smallest absolute Gasteiger partial charge is 0.274 e. The number of anilines is 1. The largest absolute Gasteiger partial charge is 0.376 e. The molecule has 1 N–H and O–H groups in total. The molecule has 0 spiro atoms. The summed E-state index contributed by atoms with van der Waals surface area (Å²) in [6.07, 6.45) is 5.65. The minimum atomic E-state index is -0.0288. The maximum Gasteiger partial charge on any atom is 0.274 e. The average Bonchev–Trinajstić information content (AvgIpc) is 3.13. The van der Waals surface area contributed by atoms with Gasteiger partial charge in [-0.2, -0.15) is 0 Å². The van der Waals surface area contributed by atoms with Gasteiger partial charge in [-0.3, -0.25) is 4.79 Å². The molecule has 3 rings (SSSR count). The number of nitrogens with one attached hydrogen (secondary N) is 1. The number of carbonyl (C=O) groups is 1. The fourth-order valence-electron chi connectivity index (χ4n) is 2.98. The number of carbonyl (C=O) groups excluding carboxylic acids is 1. The second-order valence-electron chi connectivity index (χ2n) is 6.03. The zero-order valence-corrected chi connectivity index (χ0v) is 13.7. The molecule has 0 bridgehead atoms. The van der Waals surface area contributed by atoms with Crippen LogP contribution in [0.5, 0.6) is 0 Å². The highest BCUT2D eigenvalue weighted by molar-refractivity contribution is 5.92. The lowest BCUT2D eigenvalue weighted by molar-refractivity contribution is 0.0637. The topological polar surface area (TPSA) is 70.6 Å². The third kappa shape index (κ3) is 4.17. The number of likely N-dealkylation sites (N-methyl/N-ethyl adjacent to an activating group) is 1. The van der Waals surface area contributed by atoms with Crippen LogP contribution in [0.25, 0.3) is 0 Å². The number of ether oxygens (including phenoxy) is 1. The number of hydrogen-bond acceptors (Lipinski definition) is 6. The Bertz CT molecular complexity index is 508. The molecule has 7 nitrogen and oxygen atoms in total. The van der Waals surface area contributed by atoms with Gasteiger partial charge in [0.05, 0.1) is 18.5 Å². The first-order chi connectivity index (χ1) is 11.3. The van der Waals surface area contributed by atoms with Crippen molar-refractivity contribution in [3.63, 3.8) is 0 Å². The Morgan fingerprint density at radius 3 is 2.74 bits per heavy atom. The van der Waals surface area contributed by atoms with Crippen LogP contribution in [0.3, 0.4) is 0 Å². The van der Waals surface area contributed by atoms with Crippen LogP contribution in [0.4, 0.5) is 5.82 Å². The van der Waals surface area contributed by atoms with E-state index in [-0.39, 0.29) is 12.0 Å². The molecule has 1 atom stereocenters. The predicted molar refractivity (Wildman–Crippen MR) is 87.5 cm³/mol. The molecule has 2 saturated heterocycles. The van der Waals surface area contributed by atoms with Gasteiger partial charge in [0.2, 0.25) is 0 Å². The Morgan fingerprint density at radius 2 is 2.13 bits per heavy atom. The molecular formula is C16H25N5O2. The fourth-order valence-corrected chi connectivity index (χ4v) is 2.98. The molecule has 126 valence electrons. The third-order valence-electron chi connectivity index (χ3n) is 4.51. The van der Waals surface area contributed by atoms with E-state index >= 15 is 0 Å². The maximum absolute atomic E-state index is 12.4. The van der Waals surface area contributed by atoms with Crippen molar-refractivity contribution >= 4 is 11.7 Å². The first kappa shape index (κ1) is 16.1. The lowest BCUT2D eigenvalue weighted by atomic mass is 10.2. The van der Waals surface area contributed by atoms with Gasteiger partial charge in [-0.25, -0.2) is 9.97 Å². The van der Waals surface area contributed by atoms with Gasteiger partial charge in [0.15, 0.2) is 0 Å². The first-order valence-corrected chi connectivity index (χ1v) is 8.45. The van der Waals surface area contributed by atoms with Crippen molar-refractivity contribution in [2.75, 3.05) is 51.2 Å². The Morgan fingerprint density at radius 1 is 1.30 bits per heavy atom. The molecule has 0 saturated carbocycles. The summed E-state index contributed by atoms with van der Waals surface area (Å²) in [7, 11) is 0. The lowest BCUT2D eigenvalue weighted by Crippen LogP contribution is -2.48. The van der Waals surface area contributed by atoms with Crippen molar-refractivity contribution < 1.29 is 9.53 Å². The van der Waals surface area contributed by atoms with Gasteiger partial charge < -0.3 is 19.9 Å². The molecule has 23 heavy (non-hydrogen) atoms. The molecule has 1 aromatic rings. The number of piperazine rings is 1. The summed E-state index contributed by atoms with van der Waals surface area (Å²) < 4.78 is 5.56. The van der Waals surface area contributed by atoms with Gasteiger partial charge >= 0.3 is 0 Å². The minimum Gasteiger partial charge on any atom is -0.376 e. The average molecular weight is 319 g/mol. The minimum absolute atomic E-state index is 0.0288. The van der Waals surface area contributed by atoms with Crippen LogP contribution in [0.15, 0.2) is 12.4 Å². The van der Waals surface area contributed by atoms with Crippen LogP contribution in [0.1, 0.15) is 30.3 Å². The zero-order chi connectivity index (χ0) is 16.1. The van der Waals surface area contributed by atoms with Gasteiger partial charge in [-0.05, 0) is 19.4 Å². The highest BCUT2D eigenvalue weighted by Crippen LogP contribution is 2.13. The van der Waals surface area contributed by atoms with Gasteiger partial charge in [-0.1, -0.05) is 6.92 Å². The summed E-state index contributed by atoms with van der Waals surface area (Å²) in [5.41, 5.74) is 0.414. The van der Waals surface area contributed by atoms with E-state index in [1.165, 1.54) is 0 Å². The van der Waals surface area contributed by atoms with Crippen molar-refractivity contribution in [2.45, 2.75) is 25.9 Å². The van der Waals surface area contributed by atoms with E-state index in [4.69, 9.17) is 4.74 Å². The molecule has 2 aliphatic heterocycles. The molecule has 2 aliphatic rings. The van der Waals surface area contributed by atoms with Crippen LogP contribution >= 0.6 is 0 Å². The Hall–Kier alpha value is -1.73. The van der Waals surface area contributed by atoms with Gasteiger partial charge in [0.25, 0.3) is 5.91 Å². The summed E-state index contributed by atoms with van der Waals surface area (Å²) in [6, 6.07) is 0. The molecule has 0 aliphatic carbocycles. The highest BCUT2D eigenvalue weighted by Gasteiger charge is 2.22. The van der Waals surface area contributed by atoms with Gasteiger partial charge in [0, 0.05) is 39.3 Å². The Balaban J connectivity index is 1.51. The predicted octanol–water partition coefficient (Wildman–Crippen LogP) is 0.845. The van der Waals surface area contributed by atoms with Crippen LogP contribution < -0.4 is 5.32 Å². The zero-order valence-electron chi connectivity index (χ0n) is 13.7. The van der Waals surface area contributed by atoms with Crippen molar-refractivity contribution in [1.82, 2.24) is 19.8 Å². The number of hydrogen-bond donors (Lipinski definition) is 1. The molecular weight excluding hydrogens is 294 g/mol. The van der Waals surface area contributed by atoms with E-state index in [0.29, 0.717) is 11.5 Å². The third-order valence-corrected chi connectivity index (χ3v) is 4.51. The van der Waals surface area contributed by atoms with Crippen LogP contribution in [-0.2, 0) is 4.74 Å². The highest BCUT2D eigenvalue weighted by atomic mass is 16.5. The fraction of sp³-hybridized carbons (Fsp3) is 0.688. The molecule has 1 amide bonds. The molecule has 7 heteroatoms. The molecule has 0 aromatic carbocycles. The van der Waals surface area contributed by atoms with Crippen LogP contribution in [-0.4, -0.2) is 77.7 Å². The molecule has 1 aromatic heterocycles. The second kappa shape index (κ2) is 7.70. The van der Waals surface area contributed by atoms with Crippen molar-refractivity contribution in [3.8, 4) is 0 Å². The number of amides is 1. The van der Waals surface area contributed by atoms with E-state index in [1.807, 2.05) is 4.90 Å². The van der Waals surface area contributed by atoms with E-state index in [9.17, 15) is 4.79 Å². The van der Waals surface area contributed by atoms with E-state index in [1.54, 1.807) is 12.4 Å². The summed E-state index contributed by atoms with van der Waals surface area (Å²) >= 11 is 0. The summed E-state index contributed by atoms with van der Waals surface area (Å²) in [5, 5.41) is 3.22. The number of nitrogens with zero attached hydrogens (tertiary/aromatic N) is 4. The van der Waals surface area contributed by atoms with Crippen molar-refractivity contribution in [2.24, 2.45) is 0 Å². The molecule has 0 radical (unpaired) electrons. The van der Waals surface area contributed by atoms with Crippen molar-refractivity contribution in [3.05, 3.63) is 18.1 Å². The summed E-state index contributed by atoms with van der Waals surface area (Å²) in [5.74, 6) is 0.659. The normalized spacial score (nSPS) is 22.3. The monoisotopic (exact) mass is 319 g/mol. The van der Waals surface area contributed by atoms with Gasteiger partial charge in [0.1, 0.15) is 11.5 Å². The summed E-state index contributed by atoms with van der Waals surface area (Å²) in [6.45, 7) is 8.13.